The molecule has 0 aliphatic carbocycles. The van der Waals surface area contributed by atoms with Crippen molar-refractivity contribution in [1.82, 2.24) is 0 Å². The summed E-state index contributed by atoms with van der Waals surface area (Å²) in [4.78, 5) is 0. The van der Waals surface area contributed by atoms with E-state index in [1.165, 1.54) is 0 Å². The minimum atomic E-state index is -0.160. The quantitative estimate of drug-likeness (QED) is 0.799. The Morgan fingerprint density at radius 1 is 0.900 bits per heavy atom. The number of methoxy groups -OCH3 is 1. The molecule has 20 heavy (non-hydrogen) atoms. The molecule has 0 amide bonds. The smallest absolute Gasteiger partial charge is 0.124 e. The van der Waals surface area contributed by atoms with Crippen LogP contribution in [0.25, 0.3) is 0 Å². The number of benzene rings is 2. The molecule has 2 aromatic carbocycles. The normalized spacial score (nSPS) is 12.3. The van der Waals surface area contributed by atoms with Crippen LogP contribution < -0.4 is 10.5 Å². The molecule has 0 radical (unpaired) electrons. The molecule has 0 saturated carbocycles. The molecule has 2 N–H and O–H groups in total. The first-order valence-electron chi connectivity index (χ1n) is 6.29. The summed E-state index contributed by atoms with van der Waals surface area (Å²) in [6, 6.07) is 10.1. The zero-order chi connectivity index (χ0) is 14.9. The van der Waals surface area contributed by atoms with E-state index in [0.29, 0.717) is 0 Å². The van der Waals surface area contributed by atoms with Crippen molar-refractivity contribution in [2.24, 2.45) is 5.73 Å². The SMILES string of the molecule is COc1c(C)cc(C(N)c2cc(Br)cc(Br)c2)cc1C. The number of hydrogen-bond donors (Lipinski definition) is 1. The zero-order valence-corrected chi connectivity index (χ0v) is 14.9. The Balaban J connectivity index is 2.45. The van der Waals surface area contributed by atoms with Crippen LogP contribution in [0.5, 0.6) is 5.75 Å². The monoisotopic (exact) mass is 397 g/mol. The van der Waals surface area contributed by atoms with Crippen LogP contribution in [-0.2, 0) is 0 Å². The van der Waals surface area contributed by atoms with E-state index in [9.17, 15) is 0 Å². The molecule has 106 valence electrons. The van der Waals surface area contributed by atoms with E-state index in [1.54, 1.807) is 7.11 Å². The van der Waals surface area contributed by atoms with Crippen LogP contribution in [0, 0.1) is 13.8 Å². The first-order chi connectivity index (χ1) is 9.42. The average molecular weight is 399 g/mol. The highest BCUT2D eigenvalue weighted by Crippen LogP contribution is 2.31. The molecule has 0 fully saturated rings. The first-order valence-corrected chi connectivity index (χ1v) is 7.87. The number of ether oxygens (including phenoxy) is 1. The first kappa shape index (κ1) is 15.5. The van der Waals surface area contributed by atoms with Gasteiger partial charge < -0.3 is 10.5 Å². The second kappa shape index (κ2) is 6.29. The second-order valence-corrected chi connectivity index (χ2v) is 6.70. The lowest BCUT2D eigenvalue weighted by atomic mass is 9.96. The van der Waals surface area contributed by atoms with E-state index in [-0.39, 0.29) is 6.04 Å². The Labute approximate surface area is 136 Å². The van der Waals surface area contributed by atoms with Gasteiger partial charge >= 0.3 is 0 Å². The van der Waals surface area contributed by atoms with Crippen LogP contribution in [0.3, 0.4) is 0 Å². The summed E-state index contributed by atoms with van der Waals surface area (Å²) in [7, 11) is 1.69. The van der Waals surface area contributed by atoms with Crippen LogP contribution in [0.15, 0.2) is 39.3 Å². The lowest BCUT2D eigenvalue weighted by Crippen LogP contribution is -2.12. The van der Waals surface area contributed by atoms with Gasteiger partial charge in [-0.05, 0) is 54.3 Å². The van der Waals surface area contributed by atoms with Gasteiger partial charge in [0.2, 0.25) is 0 Å². The molecule has 2 aromatic rings. The summed E-state index contributed by atoms with van der Waals surface area (Å²) in [5, 5.41) is 0. The van der Waals surface area contributed by atoms with Crippen LogP contribution in [-0.4, -0.2) is 7.11 Å². The van der Waals surface area contributed by atoms with Gasteiger partial charge in [-0.15, -0.1) is 0 Å². The number of aryl methyl sites for hydroxylation is 2. The minimum Gasteiger partial charge on any atom is -0.496 e. The van der Waals surface area contributed by atoms with Crippen LogP contribution in [0.2, 0.25) is 0 Å². The third-order valence-electron chi connectivity index (χ3n) is 3.29. The lowest BCUT2D eigenvalue weighted by Gasteiger charge is -2.17. The highest BCUT2D eigenvalue weighted by Gasteiger charge is 2.14. The number of hydrogen-bond acceptors (Lipinski definition) is 2. The molecule has 1 unspecified atom stereocenters. The Morgan fingerprint density at radius 3 is 1.80 bits per heavy atom. The highest BCUT2D eigenvalue weighted by molar-refractivity contribution is 9.11. The molecule has 0 heterocycles. The predicted molar refractivity (Wildman–Crippen MR) is 90.3 cm³/mol. The third kappa shape index (κ3) is 3.25. The van der Waals surface area contributed by atoms with E-state index in [2.05, 4.69) is 44.0 Å². The summed E-state index contributed by atoms with van der Waals surface area (Å²) >= 11 is 7.00. The van der Waals surface area contributed by atoms with E-state index in [4.69, 9.17) is 10.5 Å². The maximum atomic E-state index is 6.40. The molecule has 2 rings (SSSR count). The van der Waals surface area contributed by atoms with Crippen molar-refractivity contribution in [3.8, 4) is 5.75 Å². The molecular formula is C16H17Br2NO. The second-order valence-electron chi connectivity index (χ2n) is 4.87. The van der Waals surface area contributed by atoms with Crippen molar-refractivity contribution in [2.45, 2.75) is 19.9 Å². The van der Waals surface area contributed by atoms with Crippen molar-refractivity contribution >= 4 is 31.9 Å². The Kier molecular flexibility index (Phi) is 4.89. The number of nitrogens with two attached hydrogens (primary N) is 1. The van der Waals surface area contributed by atoms with Crippen molar-refractivity contribution in [2.75, 3.05) is 7.11 Å². The molecule has 0 saturated heterocycles. The Bertz CT molecular complexity index is 597. The van der Waals surface area contributed by atoms with Crippen molar-refractivity contribution < 1.29 is 4.74 Å². The van der Waals surface area contributed by atoms with E-state index < -0.39 is 0 Å². The van der Waals surface area contributed by atoms with Crippen molar-refractivity contribution in [3.63, 3.8) is 0 Å². The molecule has 4 heteroatoms. The molecule has 0 bridgehead atoms. The van der Waals surface area contributed by atoms with Gasteiger partial charge in [-0.25, -0.2) is 0 Å². The lowest BCUT2D eigenvalue weighted by molar-refractivity contribution is 0.408. The van der Waals surface area contributed by atoms with Gasteiger partial charge in [0.1, 0.15) is 5.75 Å². The van der Waals surface area contributed by atoms with Gasteiger partial charge in [0.05, 0.1) is 13.2 Å². The maximum Gasteiger partial charge on any atom is 0.124 e. The fraction of sp³-hybridized carbons (Fsp3) is 0.250. The number of rotatable bonds is 3. The minimum absolute atomic E-state index is 0.160. The largest absolute Gasteiger partial charge is 0.496 e. The predicted octanol–water partition coefficient (Wildman–Crippen LogP) is 4.89. The summed E-state index contributed by atoms with van der Waals surface area (Å²) in [6.07, 6.45) is 0. The zero-order valence-electron chi connectivity index (χ0n) is 11.7. The van der Waals surface area contributed by atoms with Gasteiger partial charge in [0, 0.05) is 8.95 Å². The third-order valence-corrected chi connectivity index (χ3v) is 4.21. The number of halogens is 2. The van der Waals surface area contributed by atoms with Crippen LogP contribution >= 0.6 is 31.9 Å². The Hall–Kier alpha value is -0.840. The average Bonchev–Trinajstić information content (AvgIpc) is 2.36. The molecule has 0 aliphatic heterocycles. The van der Waals surface area contributed by atoms with Crippen molar-refractivity contribution in [3.05, 3.63) is 61.5 Å². The molecule has 2 nitrogen and oxygen atoms in total. The standard InChI is InChI=1S/C16H17Br2NO/c1-9-4-11(5-10(2)16(9)20-3)15(19)12-6-13(17)8-14(18)7-12/h4-8,15H,19H2,1-3H3. The summed E-state index contributed by atoms with van der Waals surface area (Å²) in [6.45, 7) is 4.08. The van der Waals surface area contributed by atoms with Gasteiger partial charge in [-0.1, -0.05) is 44.0 Å². The van der Waals surface area contributed by atoms with Gasteiger partial charge in [-0.3, -0.25) is 0 Å². The molecule has 0 spiro atoms. The Morgan fingerprint density at radius 2 is 1.35 bits per heavy atom. The summed E-state index contributed by atoms with van der Waals surface area (Å²) < 4.78 is 7.43. The molecular weight excluding hydrogens is 382 g/mol. The topological polar surface area (TPSA) is 35.2 Å². The highest BCUT2D eigenvalue weighted by atomic mass is 79.9. The maximum absolute atomic E-state index is 6.40. The van der Waals surface area contributed by atoms with Crippen molar-refractivity contribution in [1.29, 1.82) is 0 Å². The molecule has 0 aromatic heterocycles. The summed E-state index contributed by atoms with van der Waals surface area (Å²) in [5.41, 5.74) is 10.8. The van der Waals surface area contributed by atoms with Gasteiger partial charge in [-0.2, -0.15) is 0 Å². The van der Waals surface area contributed by atoms with Crippen LogP contribution in [0.4, 0.5) is 0 Å². The fourth-order valence-corrected chi connectivity index (χ4v) is 3.76. The van der Waals surface area contributed by atoms with Crippen LogP contribution in [0.1, 0.15) is 28.3 Å². The molecule has 1 atom stereocenters. The summed E-state index contributed by atoms with van der Waals surface area (Å²) in [5.74, 6) is 0.927. The van der Waals surface area contributed by atoms with Gasteiger partial charge in [0.25, 0.3) is 0 Å². The van der Waals surface area contributed by atoms with Gasteiger partial charge in [0.15, 0.2) is 0 Å². The fourth-order valence-electron chi connectivity index (χ4n) is 2.43. The van der Waals surface area contributed by atoms with E-state index in [0.717, 1.165) is 36.9 Å². The van der Waals surface area contributed by atoms with E-state index >= 15 is 0 Å². The molecule has 0 aliphatic rings. The van der Waals surface area contributed by atoms with E-state index in [1.807, 2.05) is 32.0 Å².